The van der Waals surface area contributed by atoms with E-state index in [-0.39, 0.29) is 11.4 Å². The minimum atomic E-state index is -3.65. The van der Waals surface area contributed by atoms with E-state index in [0.29, 0.717) is 24.5 Å². The van der Waals surface area contributed by atoms with Gasteiger partial charge in [-0.3, -0.25) is 0 Å². The van der Waals surface area contributed by atoms with Crippen LogP contribution < -0.4 is 15.2 Å². The summed E-state index contributed by atoms with van der Waals surface area (Å²) in [6.45, 7) is 0.714. The molecule has 0 aromatic heterocycles. The van der Waals surface area contributed by atoms with Crippen LogP contribution in [0.3, 0.4) is 0 Å². The molecule has 0 saturated heterocycles. The molecule has 0 unspecified atom stereocenters. The Labute approximate surface area is 113 Å². The van der Waals surface area contributed by atoms with Gasteiger partial charge in [0.1, 0.15) is 10.6 Å². The Morgan fingerprint density at radius 1 is 1.47 bits per heavy atom. The SMILES string of the molecule is C#CCCNS(=O)(=O)c1cc(N)cc2c1OCCC2. The number of sulfonamides is 1. The molecule has 6 heteroatoms. The van der Waals surface area contributed by atoms with Crippen LogP contribution in [0.1, 0.15) is 18.4 Å². The second-order valence-electron chi connectivity index (χ2n) is 4.31. The molecule has 1 aliphatic heterocycles. The summed E-state index contributed by atoms with van der Waals surface area (Å²) in [6, 6.07) is 3.18. The van der Waals surface area contributed by atoms with Gasteiger partial charge in [0.15, 0.2) is 0 Å². The van der Waals surface area contributed by atoms with Crippen LogP contribution in [0.2, 0.25) is 0 Å². The molecule has 0 bridgehead atoms. The lowest BCUT2D eigenvalue weighted by molar-refractivity contribution is 0.280. The second kappa shape index (κ2) is 5.51. The van der Waals surface area contributed by atoms with Gasteiger partial charge in [-0.1, -0.05) is 0 Å². The molecule has 0 radical (unpaired) electrons. The first-order chi connectivity index (χ1) is 9.04. The van der Waals surface area contributed by atoms with E-state index in [2.05, 4.69) is 10.6 Å². The molecule has 0 atom stereocenters. The van der Waals surface area contributed by atoms with E-state index in [1.165, 1.54) is 6.07 Å². The van der Waals surface area contributed by atoms with Gasteiger partial charge >= 0.3 is 0 Å². The average molecular weight is 280 g/mol. The van der Waals surface area contributed by atoms with Crippen LogP contribution in [0.25, 0.3) is 0 Å². The number of aryl methyl sites for hydroxylation is 1. The van der Waals surface area contributed by atoms with E-state index in [9.17, 15) is 8.42 Å². The van der Waals surface area contributed by atoms with Crippen molar-refractivity contribution in [2.75, 3.05) is 18.9 Å². The van der Waals surface area contributed by atoms with Crippen LogP contribution >= 0.6 is 0 Å². The standard InChI is InChI=1S/C13H16N2O3S/c1-2-3-6-15-19(16,17)12-9-11(14)8-10-5-4-7-18-13(10)12/h1,8-9,15H,3-7,14H2. The summed E-state index contributed by atoms with van der Waals surface area (Å²) in [5.41, 5.74) is 7.01. The molecular formula is C13H16N2O3S. The fourth-order valence-corrected chi connectivity index (χ4v) is 3.26. The van der Waals surface area contributed by atoms with Crippen molar-refractivity contribution in [3.05, 3.63) is 17.7 Å². The Morgan fingerprint density at radius 2 is 2.26 bits per heavy atom. The topological polar surface area (TPSA) is 81.4 Å². The van der Waals surface area contributed by atoms with Gasteiger partial charge in [-0.2, -0.15) is 0 Å². The maximum absolute atomic E-state index is 12.2. The molecular weight excluding hydrogens is 264 g/mol. The maximum Gasteiger partial charge on any atom is 0.244 e. The van der Waals surface area contributed by atoms with Gasteiger partial charge in [-0.15, -0.1) is 12.3 Å². The van der Waals surface area contributed by atoms with Gasteiger partial charge in [0.25, 0.3) is 0 Å². The first kappa shape index (κ1) is 13.7. The van der Waals surface area contributed by atoms with Crippen LogP contribution in [0.15, 0.2) is 17.0 Å². The van der Waals surface area contributed by atoms with Crippen molar-refractivity contribution in [2.24, 2.45) is 0 Å². The summed E-state index contributed by atoms with van der Waals surface area (Å²) in [5.74, 6) is 2.79. The molecule has 2 rings (SSSR count). The zero-order valence-electron chi connectivity index (χ0n) is 10.5. The third-order valence-corrected chi connectivity index (χ3v) is 4.31. The van der Waals surface area contributed by atoms with Crippen molar-refractivity contribution in [3.8, 4) is 18.1 Å². The third-order valence-electron chi connectivity index (χ3n) is 2.84. The number of fused-ring (bicyclic) bond motifs is 1. The minimum Gasteiger partial charge on any atom is -0.492 e. The number of nitrogens with one attached hydrogen (secondary N) is 1. The van der Waals surface area contributed by atoms with E-state index in [1.54, 1.807) is 6.07 Å². The molecule has 102 valence electrons. The quantitative estimate of drug-likeness (QED) is 0.487. The number of benzene rings is 1. The molecule has 0 saturated carbocycles. The molecule has 1 aliphatic rings. The lowest BCUT2D eigenvalue weighted by Crippen LogP contribution is -2.26. The Morgan fingerprint density at radius 3 is 3.00 bits per heavy atom. The summed E-state index contributed by atoms with van der Waals surface area (Å²) in [6.07, 6.45) is 7.07. The molecule has 0 aliphatic carbocycles. The number of hydrogen-bond donors (Lipinski definition) is 2. The molecule has 5 nitrogen and oxygen atoms in total. The van der Waals surface area contributed by atoms with Crippen molar-refractivity contribution in [1.82, 2.24) is 4.72 Å². The lowest BCUT2D eigenvalue weighted by Gasteiger charge is -2.21. The highest BCUT2D eigenvalue weighted by Gasteiger charge is 2.24. The molecule has 3 N–H and O–H groups in total. The van der Waals surface area contributed by atoms with Gasteiger partial charge in [-0.25, -0.2) is 13.1 Å². The lowest BCUT2D eigenvalue weighted by atomic mass is 10.1. The first-order valence-electron chi connectivity index (χ1n) is 6.03. The van der Waals surface area contributed by atoms with Gasteiger partial charge in [-0.05, 0) is 30.5 Å². The summed E-state index contributed by atoms with van der Waals surface area (Å²) in [5, 5.41) is 0. The Hall–Kier alpha value is -1.71. The fourth-order valence-electron chi connectivity index (χ4n) is 2.00. The van der Waals surface area contributed by atoms with Crippen LogP contribution in [0.4, 0.5) is 5.69 Å². The monoisotopic (exact) mass is 280 g/mol. The van der Waals surface area contributed by atoms with Crippen LogP contribution in [-0.2, 0) is 16.4 Å². The number of nitrogens with two attached hydrogens (primary N) is 1. The Bertz CT molecular complexity index is 618. The highest BCUT2D eigenvalue weighted by atomic mass is 32.2. The van der Waals surface area contributed by atoms with Crippen LogP contribution in [-0.4, -0.2) is 21.6 Å². The van der Waals surface area contributed by atoms with Gasteiger partial charge in [0.2, 0.25) is 10.0 Å². The average Bonchev–Trinajstić information content (AvgIpc) is 2.38. The number of nitrogen functional groups attached to an aromatic ring is 1. The maximum atomic E-state index is 12.2. The Kier molecular flexibility index (Phi) is 3.98. The largest absolute Gasteiger partial charge is 0.492 e. The van der Waals surface area contributed by atoms with Crippen molar-refractivity contribution in [2.45, 2.75) is 24.2 Å². The predicted octanol–water partition coefficient (Wildman–Crippen LogP) is 0.895. The Balaban J connectivity index is 2.39. The van der Waals surface area contributed by atoms with E-state index < -0.39 is 10.0 Å². The third kappa shape index (κ3) is 3.00. The van der Waals surface area contributed by atoms with E-state index in [0.717, 1.165) is 18.4 Å². The number of terminal acetylenes is 1. The zero-order chi connectivity index (χ0) is 13.9. The molecule has 0 fully saturated rings. The summed E-state index contributed by atoms with van der Waals surface area (Å²) < 4.78 is 32.4. The highest BCUT2D eigenvalue weighted by molar-refractivity contribution is 7.89. The van der Waals surface area contributed by atoms with Crippen molar-refractivity contribution in [3.63, 3.8) is 0 Å². The fraction of sp³-hybridized carbons (Fsp3) is 0.385. The van der Waals surface area contributed by atoms with Crippen molar-refractivity contribution < 1.29 is 13.2 Å². The highest BCUT2D eigenvalue weighted by Crippen LogP contribution is 2.34. The van der Waals surface area contributed by atoms with E-state index in [4.69, 9.17) is 16.9 Å². The second-order valence-corrected chi connectivity index (χ2v) is 6.05. The van der Waals surface area contributed by atoms with Crippen LogP contribution in [0, 0.1) is 12.3 Å². The summed E-state index contributed by atoms with van der Waals surface area (Å²) >= 11 is 0. The molecule has 0 amide bonds. The summed E-state index contributed by atoms with van der Waals surface area (Å²) in [4.78, 5) is 0.0965. The van der Waals surface area contributed by atoms with Gasteiger partial charge < -0.3 is 10.5 Å². The van der Waals surface area contributed by atoms with Crippen molar-refractivity contribution in [1.29, 1.82) is 0 Å². The summed E-state index contributed by atoms with van der Waals surface area (Å²) in [7, 11) is -3.65. The van der Waals surface area contributed by atoms with Gasteiger partial charge in [0, 0.05) is 18.7 Å². The van der Waals surface area contributed by atoms with Crippen molar-refractivity contribution >= 4 is 15.7 Å². The number of anilines is 1. The molecule has 1 aromatic carbocycles. The smallest absolute Gasteiger partial charge is 0.244 e. The predicted molar refractivity (Wildman–Crippen MR) is 73.3 cm³/mol. The normalized spacial score (nSPS) is 14.3. The molecule has 1 aromatic rings. The number of rotatable bonds is 4. The number of ether oxygens (including phenoxy) is 1. The zero-order valence-corrected chi connectivity index (χ0v) is 11.3. The minimum absolute atomic E-state index is 0.0965. The van der Waals surface area contributed by atoms with Gasteiger partial charge in [0.05, 0.1) is 6.61 Å². The molecule has 0 spiro atoms. The number of hydrogen-bond acceptors (Lipinski definition) is 4. The van der Waals surface area contributed by atoms with Crippen LogP contribution in [0.5, 0.6) is 5.75 Å². The van der Waals surface area contributed by atoms with E-state index in [1.807, 2.05) is 0 Å². The first-order valence-corrected chi connectivity index (χ1v) is 7.51. The molecule has 1 heterocycles. The molecule has 19 heavy (non-hydrogen) atoms. The van der Waals surface area contributed by atoms with E-state index >= 15 is 0 Å².